The molecule has 3 N–H and O–H groups in total. The first-order valence-electron chi connectivity index (χ1n) is 6.06. The lowest BCUT2D eigenvalue weighted by Crippen LogP contribution is -2.32. The van der Waals surface area contributed by atoms with E-state index in [9.17, 15) is 4.79 Å². The Morgan fingerprint density at radius 2 is 2.24 bits per heavy atom. The zero-order valence-corrected chi connectivity index (χ0v) is 9.75. The Hall–Kier alpha value is -1.43. The topological polar surface area (TPSA) is 94.0 Å². The number of hydrogen-bond donors (Lipinski definition) is 2. The van der Waals surface area contributed by atoms with Gasteiger partial charge in [-0.25, -0.2) is 4.68 Å². The third kappa shape index (κ3) is 3.03. The van der Waals surface area contributed by atoms with E-state index in [1.807, 2.05) is 10.9 Å². The van der Waals surface area contributed by atoms with Crippen LogP contribution >= 0.6 is 0 Å². The third-order valence-electron chi connectivity index (χ3n) is 3.25. The molecule has 0 amide bonds. The van der Waals surface area contributed by atoms with Gasteiger partial charge >= 0.3 is 5.97 Å². The molecule has 1 atom stereocenters. The van der Waals surface area contributed by atoms with Crippen molar-refractivity contribution in [2.75, 3.05) is 0 Å². The molecule has 1 saturated carbocycles. The van der Waals surface area contributed by atoms with Gasteiger partial charge in [0, 0.05) is 12.6 Å². The van der Waals surface area contributed by atoms with Gasteiger partial charge in [-0.1, -0.05) is 24.5 Å². The van der Waals surface area contributed by atoms with Crippen LogP contribution in [0.25, 0.3) is 0 Å². The van der Waals surface area contributed by atoms with Crippen LogP contribution in [0.4, 0.5) is 0 Å². The van der Waals surface area contributed by atoms with E-state index in [2.05, 4.69) is 10.3 Å². The van der Waals surface area contributed by atoms with E-state index in [4.69, 9.17) is 10.8 Å². The highest BCUT2D eigenvalue weighted by molar-refractivity contribution is 5.73. The van der Waals surface area contributed by atoms with Gasteiger partial charge in [0.25, 0.3) is 0 Å². The van der Waals surface area contributed by atoms with Gasteiger partial charge in [-0.15, -0.1) is 5.10 Å². The van der Waals surface area contributed by atoms with Crippen molar-refractivity contribution < 1.29 is 9.90 Å². The summed E-state index contributed by atoms with van der Waals surface area (Å²) in [6.07, 6.45) is 8.09. The Morgan fingerprint density at radius 1 is 1.53 bits per heavy atom. The minimum absolute atomic E-state index is 0.238. The van der Waals surface area contributed by atoms with Gasteiger partial charge in [0.1, 0.15) is 6.04 Å². The fourth-order valence-electron chi connectivity index (χ4n) is 2.24. The van der Waals surface area contributed by atoms with Gasteiger partial charge in [-0.2, -0.15) is 0 Å². The second kappa shape index (κ2) is 5.27. The van der Waals surface area contributed by atoms with Crippen LogP contribution in [0.2, 0.25) is 0 Å². The lowest BCUT2D eigenvalue weighted by molar-refractivity contribution is -0.138. The second-order valence-corrected chi connectivity index (χ2v) is 4.63. The van der Waals surface area contributed by atoms with Crippen molar-refractivity contribution in [1.82, 2.24) is 15.0 Å². The van der Waals surface area contributed by atoms with Crippen LogP contribution in [-0.2, 0) is 11.2 Å². The summed E-state index contributed by atoms with van der Waals surface area (Å²) in [6, 6.07) is -0.474. The van der Waals surface area contributed by atoms with E-state index in [-0.39, 0.29) is 6.42 Å². The number of aromatic nitrogens is 3. The van der Waals surface area contributed by atoms with Gasteiger partial charge in [0.05, 0.1) is 11.7 Å². The van der Waals surface area contributed by atoms with E-state index < -0.39 is 12.0 Å². The van der Waals surface area contributed by atoms with Crippen LogP contribution in [0.5, 0.6) is 0 Å². The lowest BCUT2D eigenvalue weighted by atomic mass is 9.96. The van der Waals surface area contributed by atoms with Crippen LogP contribution in [0, 0.1) is 0 Å². The Morgan fingerprint density at radius 3 is 2.88 bits per heavy atom. The van der Waals surface area contributed by atoms with Crippen LogP contribution < -0.4 is 5.73 Å². The summed E-state index contributed by atoms with van der Waals surface area (Å²) in [4.78, 5) is 10.6. The molecule has 1 fully saturated rings. The van der Waals surface area contributed by atoms with Crippen molar-refractivity contribution in [3.05, 3.63) is 11.9 Å². The van der Waals surface area contributed by atoms with Crippen molar-refractivity contribution in [2.24, 2.45) is 5.73 Å². The maximum absolute atomic E-state index is 10.6. The highest BCUT2D eigenvalue weighted by Crippen LogP contribution is 2.27. The molecule has 0 radical (unpaired) electrons. The van der Waals surface area contributed by atoms with Crippen LogP contribution in [-0.4, -0.2) is 32.1 Å². The molecule has 0 spiro atoms. The van der Waals surface area contributed by atoms with Crippen molar-refractivity contribution >= 4 is 5.97 Å². The maximum atomic E-state index is 10.6. The number of carboxylic acid groups (broad SMARTS) is 1. The van der Waals surface area contributed by atoms with E-state index in [1.54, 1.807) is 0 Å². The summed E-state index contributed by atoms with van der Waals surface area (Å²) in [7, 11) is 0. The van der Waals surface area contributed by atoms with Crippen LogP contribution in [0.3, 0.4) is 0 Å². The van der Waals surface area contributed by atoms with Gasteiger partial charge < -0.3 is 10.8 Å². The molecule has 2 rings (SSSR count). The van der Waals surface area contributed by atoms with E-state index in [0.717, 1.165) is 12.8 Å². The SMILES string of the molecule is NC(Cc1cn(C2CCCCC2)nn1)C(=O)O. The molecule has 0 aliphatic heterocycles. The average molecular weight is 238 g/mol. The third-order valence-corrected chi connectivity index (χ3v) is 3.25. The zero-order chi connectivity index (χ0) is 12.3. The summed E-state index contributed by atoms with van der Waals surface area (Å²) >= 11 is 0. The molecule has 1 aliphatic rings. The van der Waals surface area contributed by atoms with Crippen LogP contribution in [0.15, 0.2) is 6.20 Å². The van der Waals surface area contributed by atoms with Crippen molar-refractivity contribution in [2.45, 2.75) is 50.6 Å². The van der Waals surface area contributed by atoms with Crippen molar-refractivity contribution in [3.63, 3.8) is 0 Å². The van der Waals surface area contributed by atoms with Gasteiger partial charge in [-0.05, 0) is 12.8 Å². The van der Waals surface area contributed by atoms with E-state index >= 15 is 0 Å². The number of aliphatic carboxylic acids is 1. The summed E-state index contributed by atoms with van der Waals surface area (Å²) in [5, 5.41) is 16.8. The maximum Gasteiger partial charge on any atom is 0.320 e. The molecule has 1 heterocycles. The molecule has 6 nitrogen and oxygen atoms in total. The van der Waals surface area contributed by atoms with E-state index in [0.29, 0.717) is 11.7 Å². The Balaban J connectivity index is 1.97. The quantitative estimate of drug-likeness (QED) is 0.806. The van der Waals surface area contributed by atoms with Crippen molar-refractivity contribution in [1.29, 1.82) is 0 Å². The second-order valence-electron chi connectivity index (χ2n) is 4.63. The van der Waals surface area contributed by atoms with Gasteiger partial charge in [0.2, 0.25) is 0 Å². The molecule has 1 aliphatic carbocycles. The highest BCUT2D eigenvalue weighted by Gasteiger charge is 2.18. The molecular weight excluding hydrogens is 220 g/mol. The summed E-state index contributed by atoms with van der Waals surface area (Å²) < 4.78 is 1.86. The summed E-state index contributed by atoms with van der Waals surface area (Å²) in [5.74, 6) is -1.00. The zero-order valence-electron chi connectivity index (χ0n) is 9.75. The molecule has 1 aromatic rings. The molecular formula is C11H18N4O2. The number of carboxylic acids is 1. The molecule has 17 heavy (non-hydrogen) atoms. The molecule has 94 valence electrons. The van der Waals surface area contributed by atoms with Crippen LogP contribution in [0.1, 0.15) is 43.8 Å². The largest absolute Gasteiger partial charge is 0.480 e. The number of rotatable bonds is 4. The van der Waals surface area contributed by atoms with Gasteiger partial charge in [0.15, 0.2) is 0 Å². The summed E-state index contributed by atoms with van der Waals surface area (Å²) in [5.41, 5.74) is 6.12. The molecule has 0 bridgehead atoms. The Bertz CT molecular complexity index is 385. The Kier molecular flexibility index (Phi) is 3.73. The first-order chi connectivity index (χ1) is 8.16. The number of carbonyl (C=O) groups is 1. The van der Waals surface area contributed by atoms with Crippen molar-refractivity contribution in [3.8, 4) is 0 Å². The molecule has 1 unspecified atom stereocenters. The average Bonchev–Trinajstić information content (AvgIpc) is 2.78. The predicted octanol–water partition coefficient (Wildman–Crippen LogP) is 0.738. The lowest BCUT2D eigenvalue weighted by Gasteiger charge is -2.20. The summed E-state index contributed by atoms with van der Waals surface area (Å²) in [6.45, 7) is 0. The molecule has 6 heteroatoms. The molecule has 1 aromatic heterocycles. The fourth-order valence-corrected chi connectivity index (χ4v) is 2.24. The minimum Gasteiger partial charge on any atom is -0.480 e. The molecule has 0 aromatic carbocycles. The van der Waals surface area contributed by atoms with E-state index in [1.165, 1.54) is 19.3 Å². The standard InChI is InChI=1S/C11H18N4O2/c12-10(11(16)17)6-8-7-15(14-13-8)9-4-2-1-3-5-9/h7,9-10H,1-6,12H2,(H,16,17). The number of nitrogens with zero attached hydrogens (tertiary/aromatic N) is 3. The smallest absolute Gasteiger partial charge is 0.320 e. The normalized spacial score (nSPS) is 19.1. The van der Waals surface area contributed by atoms with Gasteiger partial charge in [-0.3, -0.25) is 4.79 Å². The minimum atomic E-state index is -1.00. The highest BCUT2D eigenvalue weighted by atomic mass is 16.4. The molecule has 0 saturated heterocycles. The number of hydrogen-bond acceptors (Lipinski definition) is 4. The fraction of sp³-hybridized carbons (Fsp3) is 0.727. The number of nitrogens with two attached hydrogens (primary N) is 1. The first-order valence-corrected chi connectivity index (χ1v) is 6.06. The Labute approximate surface area is 99.8 Å². The monoisotopic (exact) mass is 238 g/mol. The first kappa shape index (κ1) is 12.0. The predicted molar refractivity (Wildman–Crippen MR) is 61.5 cm³/mol.